The lowest BCUT2D eigenvalue weighted by molar-refractivity contribution is -0.384. The summed E-state index contributed by atoms with van der Waals surface area (Å²) < 4.78 is 5.21. The van der Waals surface area contributed by atoms with Gasteiger partial charge in [-0.3, -0.25) is 10.1 Å². The largest absolute Gasteiger partial charge is 0.494 e. The van der Waals surface area contributed by atoms with Crippen molar-refractivity contribution >= 4 is 11.4 Å². The number of benzene rings is 1. The molecule has 0 aliphatic rings. The van der Waals surface area contributed by atoms with Crippen molar-refractivity contribution < 1.29 is 9.66 Å². The number of nitro groups is 1. The molecule has 0 saturated heterocycles. The number of methoxy groups -OCH3 is 1. The normalized spacial score (nSPS) is 11.9. The summed E-state index contributed by atoms with van der Waals surface area (Å²) in [4.78, 5) is 10.3. The Bertz CT molecular complexity index is 435. The van der Waals surface area contributed by atoms with Crippen LogP contribution in [0.1, 0.15) is 46.0 Å². The first-order valence-electron chi connectivity index (χ1n) is 7.17. The van der Waals surface area contributed by atoms with E-state index >= 15 is 0 Å². The molecule has 0 heterocycles. The van der Waals surface area contributed by atoms with Crippen molar-refractivity contribution in [1.82, 2.24) is 0 Å². The zero-order chi connectivity index (χ0) is 15.0. The Morgan fingerprint density at radius 3 is 2.70 bits per heavy atom. The van der Waals surface area contributed by atoms with Gasteiger partial charge in [-0.1, -0.05) is 32.6 Å². The number of non-ortho nitro benzene ring substituents is 1. The molecule has 0 aliphatic heterocycles. The van der Waals surface area contributed by atoms with Crippen molar-refractivity contribution in [1.29, 1.82) is 0 Å². The van der Waals surface area contributed by atoms with Crippen LogP contribution in [0.15, 0.2) is 18.2 Å². The molecule has 5 heteroatoms. The summed E-state index contributed by atoms with van der Waals surface area (Å²) in [5, 5.41) is 14.1. The first kappa shape index (κ1) is 16.3. The van der Waals surface area contributed by atoms with Crippen molar-refractivity contribution in [3.8, 4) is 5.75 Å². The van der Waals surface area contributed by atoms with E-state index in [-0.39, 0.29) is 5.69 Å². The molecule has 0 fully saturated rings. The summed E-state index contributed by atoms with van der Waals surface area (Å²) >= 11 is 0. The Morgan fingerprint density at radius 1 is 1.35 bits per heavy atom. The van der Waals surface area contributed by atoms with Crippen molar-refractivity contribution in [2.45, 2.75) is 52.0 Å². The van der Waals surface area contributed by atoms with Crippen LogP contribution in [-0.4, -0.2) is 18.1 Å². The maximum absolute atomic E-state index is 10.7. The Kier molecular flexibility index (Phi) is 6.84. The maximum Gasteiger partial charge on any atom is 0.273 e. The Hall–Kier alpha value is -1.78. The van der Waals surface area contributed by atoms with Gasteiger partial charge in [0.1, 0.15) is 5.75 Å². The summed E-state index contributed by atoms with van der Waals surface area (Å²) in [6.07, 6.45) is 6.03. The van der Waals surface area contributed by atoms with Crippen LogP contribution in [0.4, 0.5) is 11.4 Å². The second-order valence-electron chi connectivity index (χ2n) is 5.04. The van der Waals surface area contributed by atoms with Crippen LogP contribution in [0, 0.1) is 10.1 Å². The third-order valence-corrected chi connectivity index (χ3v) is 3.29. The standard InChI is InChI=1S/C15H24N2O3/c1-4-5-6-7-8-12(2)16-14-10-9-13(17(18)19)11-15(14)20-3/h9-12,16H,4-8H2,1-3H3. The van der Waals surface area contributed by atoms with Crippen LogP contribution in [-0.2, 0) is 0 Å². The quantitative estimate of drug-likeness (QED) is 0.414. The van der Waals surface area contributed by atoms with Crippen LogP contribution < -0.4 is 10.1 Å². The first-order valence-corrected chi connectivity index (χ1v) is 7.17. The van der Waals surface area contributed by atoms with Gasteiger partial charge in [-0.15, -0.1) is 0 Å². The Balaban J connectivity index is 2.60. The van der Waals surface area contributed by atoms with Crippen LogP contribution in [0.25, 0.3) is 0 Å². The molecule has 0 saturated carbocycles. The number of unbranched alkanes of at least 4 members (excludes halogenated alkanes) is 3. The highest BCUT2D eigenvalue weighted by Gasteiger charge is 2.12. The molecule has 0 aromatic heterocycles. The monoisotopic (exact) mass is 280 g/mol. The molecule has 0 amide bonds. The smallest absolute Gasteiger partial charge is 0.273 e. The fraction of sp³-hybridized carbons (Fsp3) is 0.600. The summed E-state index contributed by atoms with van der Waals surface area (Å²) in [5.74, 6) is 0.514. The summed E-state index contributed by atoms with van der Waals surface area (Å²) in [6, 6.07) is 4.97. The van der Waals surface area contributed by atoms with Crippen LogP contribution in [0.2, 0.25) is 0 Å². The van der Waals surface area contributed by atoms with E-state index in [1.165, 1.54) is 44.9 Å². The van der Waals surface area contributed by atoms with Gasteiger partial charge < -0.3 is 10.1 Å². The third kappa shape index (κ3) is 5.07. The second-order valence-corrected chi connectivity index (χ2v) is 5.04. The number of nitrogens with zero attached hydrogens (tertiary/aromatic N) is 1. The zero-order valence-electron chi connectivity index (χ0n) is 12.5. The minimum atomic E-state index is -0.416. The van der Waals surface area contributed by atoms with E-state index in [9.17, 15) is 10.1 Å². The highest BCUT2D eigenvalue weighted by molar-refractivity contribution is 5.61. The lowest BCUT2D eigenvalue weighted by Crippen LogP contribution is -2.15. The molecule has 5 nitrogen and oxygen atoms in total. The van der Waals surface area contributed by atoms with Crippen molar-refractivity contribution in [2.24, 2.45) is 0 Å². The predicted octanol–water partition coefficient (Wildman–Crippen LogP) is 4.37. The van der Waals surface area contributed by atoms with E-state index in [4.69, 9.17) is 4.74 Å². The molecule has 1 rings (SSSR count). The Labute approximate surface area is 120 Å². The van der Waals surface area contributed by atoms with Gasteiger partial charge in [-0.2, -0.15) is 0 Å². The maximum atomic E-state index is 10.7. The molecule has 1 atom stereocenters. The van der Waals surface area contributed by atoms with E-state index in [1.807, 2.05) is 0 Å². The van der Waals surface area contributed by atoms with Crippen LogP contribution in [0.5, 0.6) is 5.75 Å². The molecule has 1 aromatic rings. The van der Waals surface area contributed by atoms with Gasteiger partial charge in [0, 0.05) is 12.1 Å². The van der Waals surface area contributed by atoms with Gasteiger partial charge in [0.25, 0.3) is 5.69 Å². The number of anilines is 1. The average molecular weight is 280 g/mol. The van der Waals surface area contributed by atoms with E-state index in [0.717, 1.165) is 12.1 Å². The second kappa shape index (κ2) is 8.40. The predicted molar refractivity (Wildman–Crippen MR) is 81.5 cm³/mol. The number of rotatable bonds is 9. The molecular formula is C15H24N2O3. The number of nitrogens with one attached hydrogen (secondary N) is 1. The molecule has 112 valence electrons. The highest BCUT2D eigenvalue weighted by Crippen LogP contribution is 2.29. The third-order valence-electron chi connectivity index (χ3n) is 3.29. The molecule has 20 heavy (non-hydrogen) atoms. The fourth-order valence-corrected chi connectivity index (χ4v) is 2.13. The van der Waals surface area contributed by atoms with E-state index in [2.05, 4.69) is 19.2 Å². The van der Waals surface area contributed by atoms with Crippen LogP contribution in [0.3, 0.4) is 0 Å². The number of hydrogen-bond donors (Lipinski definition) is 1. The number of nitro benzene ring substituents is 1. The lowest BCUT2D eigenvalue weighted by atomic mass is 10.1. The van der Waals surface area contributed by atoms with E-state index < -0.39 is 4.92 Å². The Morgan fingerprint density at radius 2 is 2.10 bits per heavy atom. The average Bonchev–Trinajstić information content (AvgIpc) is 2.43. The molecule has 0 bridgehead atoms. The molecular weight excluding hydrogens is 256 g/mol. The first-order chi connectivity index (χ1) is 9.58. The topological polar surface area (TPSA) is 64.4 Å². The number of ether oxygens (including phenoxy) is 1. The molecule has 0 radical (unpaired) electrons. The van der Waals surface area contributed by atoms with E-state index in [1.54, 1.807) is 6.07 Å². The van der Waals surface area contributed by atoms with Gasteiger partial charge in [-0.05, 0) is 19.4 Å². The molecule has 0 aliphatic carbocycles. The van der Waals surface area contributed by atoms with Crippen molar-refractivity contribution in [3.05, 3.63) is 28.3 Å². The molecule has 1 unspecified atom stereocenters. The van der Waals surface area contributed by atoms with Gasteiger partial charge in [0.2, 0.25) is 0 Å². The van der Waals surface area contributed by atoms with E-state index in [0.29, 0.717) is 11.8 Å². The summed E-state index contributed by atoms with van der Waals surface area (Å²) in [6.45, 7) is 4.32. The fourth-order valence-electron chi connectivity index (χ4n) is 2.13. The highest BCUT2D eigenvalue weighted by atomic mass is 16.6. The lowest BCUT2D eigenvalue weighted by Gasteiger charge is -2.17. The van der Waals surface area contributed by atoms with Gasteiger partial charge in [0.15, 0.2) is 0 Å². The van der Waals surface area contributed by atoms with Gasteiger partial charge in [-0.25, -0.2) is 0 Å². The summed E-state index contributed by atoms with van der Waals surface area (Å²) in [7, 11) is 1.52. The van der Waals surface area contributed by atoms with Crippen molar-refractivity contribution in [2.75, 3.05) is 12.4 Å². The summed E-state index contributed by atoms with van der Waals surface area (Å²) in [5.41, 5.74) is 0.851. The van der Waals surface area contributed by atoms with Gasteiger partial charge in [0.05, 0.1) is 23.8 Å². The van der Waals surface area contributed by atoms with Crippen molar-refractivity contribution in [3.63, 3.8) is 0 Å². The number of hydrogen-bond acceptors (Lipinski definition) is 4. The van der Waals surface area contributed by atoms with Gasteiger partial charge >= 0.3 is 0 Å². The molecule has 0 spiro atoms. The zero-order valence-corrected chi connectivity index (χ0v) is 12.5. The minimum Gasteiger partial charge on any atom is -0.494 e. The molecule has 1 aromatic carbocycles. The SMILES string of the molecule is CCCCCCC(C)Nc1ccc([N+](=O)[O-])cc1OC. The van der Waals surface area contributed by atoms with Crippen LogP contribution >= 0.6 is 0 Å². The minimum absolute atomic E-state index is 0.0444. The molecule has 1 N–H and O–H groups in total.